The van der Waals surface area contributed by atoms with E-state index in [4.69, 9.17) is 4.74 Å². The Morgan fingerprint density at radius 2 is 2.10 bits per heavy atom. The molecule has 2 heterocycles. The van der Waals surface area contributed by atoms with Crippen molar-refractivity contribution < 1.29 is 9.53 Å². The van der Waals surface area contributed by atoms with Crippen LogP contribution < -0.4 is 5.32 Å². The molecule has 0 unspecified atom stereocenters. The molecule has 1 aliphatic rings. The minimum atomic E-state index is -0.424. The monoisotopic (exact) mass is 297 g/mol. The third-order valence-corrected chi connectivity index (χ3v) is 4.16. The fourth-order valence-electron chi connectivity index (χ4n) is 2.06. The third kappa shape index (κ3) is 3.93. The maximum atomic E-state index is 11.8. The zero-order valence-corrected chi connectivity index (χ0v) is 13.6. The Balaban J connectivity index is 1.72. The van der Waals surface area contributed by atoms with Crippen LogP contribution in [0.4, 0.5) is 4.79 Å². The summed E-state index contributed by atoms with van der Waals surface area (Å²) in [6, 6.07) is 0.351. The summed E-state index contributed by atoms with van der Waals surface area (Å²) in [5.74, 6) is 0. The molecule has 0 radical (unpaired) electrons. The van der Waals surface area contributed by atoms with Gasteiger partial charge in [-0.3, -0.25) is 0 Å². The lowest BCUT2D eigenvalue weighted by atomic mass is 10.1. The highest BCUT2D eigenvalue weighted by molar-refractivity contribution is 7.11. The zero-order valence-electron chi connectivity index (χ0n) is 12.8. The van der Waals surface area contributed by atoms with Gasteiger partial charge >= 0.3 is 6.09 Å². The van der Waals surface area contributed by atoms with Gasteiger partial charge in [0.25, 0.3) is 0 Å². The Hall–Kier alpha value is -1.14. The normalized spacial score (nSPS) is 16.1. The molecule has 2 rings (SSSR count). The number of rotatable bonds is 3. The van der Waals surface area contributed by atoms with Crippen LogP contribution in [0.15, 0.2) is 0 Å². The van der Waals surface area contributed by atoms with Gasteiger partial charge in [0.2, 0.25) is 0 Å². The Morgan fingerprint density at radius 1 is 1.45 bits per heavy atom. The lowest BCUT2D eigenvalue weighted by Gasteiger charge is -2.40. The molecule has 0 bridgehead atoms. The van der Waals surface area contributed by atoms with Gasteiger partial charge in [-0.1, -0.05) is 0 Å². The van der Waals surface area contributed by atoms with Crippen molar-refractivity contribution in [1.82, 2.24) is 15.2 Å². The van der Waals surface area contributed by atoms with Crippen molar-refractivity contribution in [3.8, 4) is 0 Å². The van der Waals surface area contributed by atoms with Crippen molar-refractivity contribution in [3.63, 3.8) is 0 Å². The number of hydrogen-bond donors (Lipinski definition) is 1. The molecule has 1 aromatic rings. The first-order chi connectivity index (χ1) is 9.24. The molecule has 0 atom stereocenters. The van der Waals surface area contributed by atoms with Crippen molar-refractivity contribution in [3.05, 3.63) is 15.6 Å². The quantitative estimate of drug-likeness (QED) is 0.931. The summed E-state index contributed by atoms with van der Waals surface area (Å²) < 4.78 is 5.33. The van der Waals surface area contributed by atoms with Crippen LogP contribution >= 0.6 is 11.3 Å². The maximum absolute atomic E-state index is 11.8. The lowest BCUT2D eigenvalue weighted by Crippen LogP contribution is -2.60. The molecule has 6 heteroatoms. The number of ether oxygens (including phenoxy) is 1. The van der Waals surface area contributed by atoms with E-state index in [1.165, 1.54) is 4.88 Å². The largest absolute Gasteiger partial charge is 0.444 e. The number of nitrogens with one attached hydrogen (secondary N) is 1. The van der Waals surface area contributed by atoms with Crippen LogP contribution in [0.25, 0.3) is 0 Å². The van der Waals surface area contributed by atoms with Gasteiger partial charge in [0.15, 0.2) is 0 Å². The molecule has 1 fully saturated rings. The summed E-state index contributed by atoms with van der Waals surface area (Å²) in [6.07, 6.45) is -0.222. The number of nitrogens with zero attached hydrogens (tertiary/aromatic N) is 2. The van der Waals surface area contributed by atoms with Crippen molar-refractivity contribution in [2.45, 2.75) is 52.8 Å². The zero-order chi connectivity index (χ0) is 14.9. The van der Waals surface area contributed by atoms with E-state index in [0.29, 0.717) is 19.1 Å². The van der Waals surface area contributed by atoms with Gasteiger partial charge in [0, 0.05) is 30.6 Å². The molecular weight excluding hydrogens is 274 g/mol. The van der Waals surface area contributed by atoms with Crippen LogP contribution in [0.1, 0.15) is 36.3 Å². The van der Waals surface area contributed by atoms with E-state index in [2.05, 4.69) is 10.3 Å². The average Bonchev–Trinajstić information content (AvgIpc) is 2.52. The Labute approximate surface area is 124 Å². The van der Waals surface area contributed by atoms with Gasteiger partial charge < -0.3 is 15.0 Å². The van der Waals surface area contributed by atoms with E-state index in [0.717, 1.165) is 17.2 Å². The molecule has 112 valence electrons. The highest BCUT2D eigenvalue weighted by Gasteiger charge is 2.33. The molecule has 0 aliphatic carbocycles. The maximum Gasteiger partial charge on any atom is 0.410 e. The number of carbonyl (C=O) groups excluding carboxylic acids is 1. The summed E-state index contributed by atoms with van der Waals surface area (Å²) in [7, 11) is 0. The standard InChI is InChI=1S/C14H23N3O2S/c1-9-12(20-10(2)16-9)6-15-11-7-17(8-11)13(18)19-14(3,4)5/h11,15H,6-8H2,1-5H3. The molecule has 0 saturated carbocycles. The molecule has 5 nitrogen and oxygen atoms in total. The second kappa shape index (κ2) is 5.69. The van der Waals surface area contributed by atoms with Gasteiger partial charge in [-0.05, 0) is 34.6 Å². The minimum absolute atomic E-state index is 0.222. The number of thiazole rings is 1. The van der Waals surface area contributed by atoms with Gasteiger partial charge in [-0.25, -0.2) is 9.78 Å². The number of amides is 1. The Morgan fingerprint density at radius 3 is 2.60 bits per heavy atom. The molecule has 1 amide bonds. The molecule has 0 aromatic carbocycles. The van der Waals surface area contributed by atoms with Crippen molar-refractivity contribution in [2.75, 3.05) is 13.1 Å². The topological polar surface area (TPSA) is 54.5 Å². The van der Waals surface area contributed by atoms with Crippen molar-refractivity contribution in [1.29, 1.82) is 0 Å². The van der Waals surface area contributed by atoms with Crippen LogP contribution in [0.2, 0.25) is 0 Å². The van der Waals surface area contributed by atoms with E-state index in [1.54, 1.807) is 16.2 Å². The predicted octanol–water partition coefficient (Wildman–Crippen LogP) is 2.47. The lowest BCUT2D eigenvalue weighted by molar-refractivity contribution is 0.00520. The molecule has 1 saturated heterocycles. The van der Waals surface area contributed by atoms with E-state index >= 15 is 0 Å². The summed E-state index contributed by atoms with van der Waals surface area (Å²) in [4.78, 5) is 19.2. The predicted molar refractivity (Wildman–Crippen MR) is 80.0 cm³/mol. The molecule has 20 heavy (non-hydrogen) atoms. The second-order valence-electron chi connectivity index (χ2n) is 6.20. The number of carbonyl (C=O) groups is 1. The SMILES string of the molecule is Cc1nc(C)c(CNC2CN(C(=O)OC(C)(C)C)C2)s1. The Bertz CT molecular complexity index is 487. The van der Waals surface area contributed by atoms with Crippen molar-refractivity contribution in [2.24, 2.45) is 0 Å². The molecular formula is C14H23N3O2S. The van der Waals surface area contributed by atoms with Crippen LogP contribution in [0.3, 0.4) is 0 Å². The minimum Gasteiger partial charge on any atom is -0.444 e. The van der Waals surface area contributed by atoms with Crippen LogP contribution in [0, 0.1) is 13.8 Å². The third-order valence-electron chi connectivity index (χ3n) is 3.08. The number of aryl methyl sites for hydroxylation is 2. The molecule has 1 N–H and O–H groups in total. The van der Waals surface area contributed by atoms with E-state index in [9.17, 15) is 4.79 Å². The Kier molecular flexibility index (Phi) is 4.34. The van der Waals surface area contributed by atoms with Crippen LogP contribution in [-0.4, -0.2) is 40.7 Å². The number of aromatic nitrogens is 1. The molecule has 0 spiro atoms. The van der Waals surface area contributed by atoms with Gasteiger partial charge in [-0.15, -0.1) is 11.3 Å². The number of likely N-dealkylation sites (tertiary alicyclic amines) is 1. The van der Waals surface area contributed by atoms with Crippen LogP contribution in [-0.2, 0) is 11.3 Å². The van der Waals surface area contributed by atoms with Gasteiger partial charge in [-0.2, -0.15) is 0 Å². The molecule has 1 aliphatic heterocycles. The first kappa shape index (κ1) is 15.3. The molecule has 1 aromatic heterocycles. The smallest absolute Gasteiger partial charge is 0.410 e. The average molecular weight is 297 g/mol. The first-order valence-corrected chi connectivity index (χ1v) is 7.70. The second-order valence-corrected chi connectivity index (χ2v) is 7.49. The summed E-state index contributed by atoms with van der Waals surface area (Å²) in [6.45, 7) is 12.0. The van der Waals surface area contributed by atoms with Crippen molar-refractivity contribution >= 4 is 17.4 Å². The fourth-order valence-corrected chi connectivity index (χ4v) is 2.95. The van der Waals surface area contributed by atoms with Gasteiger partial charge in [0.1, 0.15) is 5.60 Å². The first-order valence-electron chi connectivity index (χ1n) is 6.89. The highest BCUT2D eigenvalue weighted by atomic mass is 32.1. The van der Waals surface area contributed by atoms with E-state index in [1.807, 2.05) is 34.6 Å². The summed E-state index contributed by atoms with van der Waals surface area (Å²) >= 11 is 1.73. The fraction of sp³-hybridized carbons (Fsp3) is 0.714. The van der Waals surface area contributed by atoms with E-state index < -0.39 is 5.60 Å². The highest BCUT2D eigenvalue weighted by Crippen LogP contribution is 2.19. The van der Waals surface area contributed by atoms with Crippen LogP contribution in [0.5, 0.6) is 0 Å². The van der Waals surface area contributed by atoms with Gasteiger partial charge in [0.05, 0.1) is 10.7 Å². The number of hydrogen-bond acceptors (Lipinski definition) is 5. The summed E-state index contributed by atoms with van der Waals surface area (Å²) in [5.41, 5.74) is 0.677. The van der Waals surface area contributed by atoms with E-state index in [-0.39, 0.29) is 6.09 Å². The summed E-state index contributed by atoms with van der Waals surface area (Å²) in [5, 5.41) is 4.56.